The van der Waals surface area contributed by atoms with Crippen molar-refractivity contribution in [2.45, 2.75) is 58.8 Å². The van der Waals surface area contributed by atoms with E-state index in [0.717, 1.165) is 18.8 Å². The number of carbonyl (C=O) groups is 1. The summed E-state index contributed by atoms with van der Waals surface area (Å²) in [6, 6.07) is 0. The molecule has 0 rings (SSSR count). The Morgan fingerprint density at radius 3 is 2.36 bits per heavy atom. The molecule has 0 aromatic heterocycles. The van der Waals surface area contributed by atoms with E-state index in [-0.39, 0.29) is 12.2 Å². The molecule has 0 aliphatic carbocycles. The normalized spacial score (nSPS) is 10.5. The number of hydrogen-bond donors (Lipinski definition) is 0. The molecule has 0 aliphatic rings. The molecule has 0 unspecified atom stereocenters. The van der Waals surface area contributed by atoms with E-state index in [9.17, 15) is 9.59 Å². The second kappa shape index (κ2) is 8.92. The van der Waals surface area contributed by atoms with E-state index in [1.165, 1.54) is 19.3 Å². The Labute approximate surface area is 87.1 Å². The molecule has 0 aromatic carbocycles. The molecule has 0 bridgehead atoms. The maximum absolute atomic E-state index is 10.9. The second-order valence-corrected chi connectivity index (χ2v) is 4.21. The van der Waals surface area contributed by atoms with Gasteiger partial charge in [-0.3, -0.25) is 9.59 Å². The lowest BCUT2D eigenvalue weighted by Crippen LogP contribution is -1.97. The Hall–Kier alpha value is -0.660. The smallest absolute Gasteiger partial charge is 0.206 e. The summed E-state index contributed by atoms with van der Waals surface area (Å²) in [6.07, 6.45) is 7.94. The van der Waals surface area contributed by atoms with Crippen LogP contribution >= 0.6 is 0 Å². The first-order valence-corrected chi connectivity index (χ1v) is 5.53. The van der Waals surface area contributed by atoms with Gasteiger partial charge < -0.3 is 0 Å². The number of unbranched alkanes of at least 4 members (excludes halogenated alkanes) is 3. The Kier molecular flexibility index (Phi) is 8.50. The lowest BCUT2D eigenvalue weighted by atomic mass is 10.0. The predicted molar refractivity (Wildman–Crippen MR) is 57.9 cm³/mol. The highest BCUT2D eigenvalue weighted by Crippen LogP contribution is 2.10. The number of rotatable bonds is 9. The molecule has 0 aromatic rings. The van der Waals surface area contributed by atoms with Gasteiger partial charge in [0.05, 0.1) is 6.42 Å². The van der Waals surface area contributed by atoms with Gasteiger partial charge in [-0.25, -0.2) is 0 Å². The van der Waals surface area contributed by atoms with Crippen molar-refractivity contribution in [1.82, 2.24) is 0 Å². The summed E-state index contributed by atoms with van der Waals surface area (Å²) in [4.78, 5) is 20.8. The lowest BCUT2D eigenvalue weighted by Gasteiger charge is -2.03. The molecule has 2 nitrogen and oxygen atoms in total. The van der Waals surface area contributed by atoms with Crippen molar-refractivity contribution in [3.05, 3.63) is 0 Å². The van der Waals surface area contributed by atoms with Crippen molar-refractivity contribution in [3.8, 4) is 0 Å². The molecule has 0 fully saturated rings. The van der Waals surface area contributed by atoms with Crippen molar-refractivity contribution >= 4 is 12.1 Å². The first-order valence-electron chi connectivity index (χ1n) is 5.53. The van der Waals surface area contributed by atoms with Crippen molar-refractivity contribution in [1.29, 1.82) is 0 Å². The molecule has 0 atom stereocenters. The van der Waals surface area contributed by atoms with E-state index >= 15 is 0 Å². The minimum Gasteiger partial charge on any atom is -0.299 e. The average Bonchev–Trinajstić information content (AvgIpc) is 2.11. The van der Waals surface area contributed by atoms with Crippen LogP contribution < -0.4 is 0 Å². The van der Waals surface area contributed by atoms with E-state index in [1.807, 2.05) is 0 Å². The molecule has 0 aliphatic heterocycles. The Balaban J connectivity index is 3.13. The van der Waals surface area contributed by atoms with Gasteiger partial charge in [0.2, 0.25) is 6.29 Å². The van der Waals surface area contributed by atoms with Crippen LogP contribution in [0.3, 0.4) is 0 Å². The molecule has 0 spiro atoms. The third-order valence-electron chi connectivity index (χ3n) is 2.26. The first kappa shape index (κ1) is 13.3. The third kappa shape index (κ3) is 9.43. The second-order valence-electron chi connectivity index (χ2n) is 4.21. The quantitative estimate of drug-likeness (QED) is 0.420. The first-order chi connectivity index (χ1) is 6.66. The summed E-state index contributed by atoms with van der Waals surface area (Å²) in [6.45, 7) is 4.45. The minimum absolute atomic E-state index is 0.0218. The molecule has 0 heterocycles. The SMILES string of the molecule is CC(C)CCCCCCC(=O)C[C]=O. The molecular formula is C12H21O2. The molecule has 0 amide bonds. The Morgan fingerprint density at radius 1 is 1.14 bits per heavy atom. The van der Waals surface area contributed by atoms with Gasteiger partial charge in [0.1, 0.15) is 5.78 Å². The highest BCUT2D eigenvalue weighted by atomic mass is 16.1. The van der Waals surface area contributed by atoms with Crippen molar-refractivity contribution in [2.24, 2.45) is 5.92 Å². The Morgan fingerprint density at radius 2 is 1.79 bits per heavy atom. The fourth-order valence-corrected chi connectivity index (χ4v) is 1.40. The van der Waals surface area contributed by atoms with Gasteiger partial charge >= 0.3 is 0 Å². The van der Waals surface area contributed by atoms with Crippen LogP contribution in [-0.2, 0) is 9.59 Å². The summed E-state index contributed by atoms with van der Waals surface area (Å²) < 4.78 is 0. The zero-order chi connectivity index (χ0) is 10.8. The maximum Gasteiger partial charge on any atom is 0.206 e. The van der Waals surface area contributed by atoms with Gasteiger partial charge in [-0.1, -0.05) is 39.5 Å². The van der Waals surface area contributed by atoms with E-state index in [4.69, 9.17) is 0 Å². The van der Waals surface area contributed by atoms with Crippen LogP contribution in [0.15, 0.2) is 0 Å². The largest absolute Gasteiger partial charge is 0.299 e. The van der Waals surface area contributed by atoms with E-state index in [0.29, 0.717) is 6.42 Å². The molecule has 0 saturated heterocycles. The number of Topliss-reactive ketones (excluding diaryl/α,β-unsaturated/α-hetero) is 1. The highest BCUT2D eigenvalue weighted by molar-refractivity contribution is 5.89. The molecule has 81 valence electrons. The van der Waals surface area contributed by atoms with Gasteiger partial charge in [-0.2, -0.15) is 0 Å². The number of ketones is 1. The summed E-state index contributed by atoms with van der Waals surface area (Å²) in [5, 5.41) is 0. The van der Waals surface area contributed by atoms with Crippen LogP contribution in [0.4, 0.5) is 0 Å². The van der Waals surface area contributed by atoms with Crippen molar-refractivity contribution < 1.29 is 9.59 Å². The van der Waals surface area contributed by atoms with Crippen LogP contribution in [0.1, 0.15) is 58.8 Å². The van der Waals surface area contributed by atoms with Crippen molar-refractivity contribution in [2.75, 3.05) is 0 Å². The third-order valence-corrected chi connectivity index (χ3v) is 2.26. The zero-order valence-corrected chi connectivity index (χ0v) is 9.34. The molecule has 0 N–H and O–H groups in total. The zero-order valence-electron chi connectivity index (χ0n) is 9.34. The van der Waals surface area contributed by atoms with E-state index in [2.05, 4.69) is 13.8 Å². The topological polar surface area (TPSA) is 34.1 Å². The summed E-state index contributed by atoms with van der Waals surface area (Å²) in [7, 11) is 0. The molecule has 2 heteroatoms. The summed E-state index contributed by atoms with van der Waals surface area (Å²) in [5.74, 6) is 0.810. The Bertz CT molecular complexity index is 162. The average molecular weight is 197 g/mol. The number of carbonyl (C=O) groups excluding carboxylic acids is 2. The number of hydrogen-bond acceptors (Lipinski definition) is 2. The van der Waals surface area contributed by atoms with Crippen LogP contribution in [-0.4, -0.2) is 12.1 Å². The van der Waals surface area contributed by atoms with Gasteiger partial charge in [0.25, 0.3) is 0 Å². The van der Waals surface area contributed by atoms with Crippen molar-refractivity contribution in [3.63, 3.8) is 0 Å². The van der Waals surface area contributed by atoms with Gasteiger partial charge in [0.15, 0.2) is 0 Å². The standard InChI is InChI=1S/C12H21O2/c1-11(2)7-5-3-4-6-8-12(14)9-10-13/h11H,3-9H2,1-2H3. The van der Waals surface area contributed by atoms with Crippen LogP contribution in [0.5, 0.6) is 0 Å². The van der Waals surface area contributed by atoms with Gasteiger partial charge in [0, 0.05) is 6.42 Å². The monoisotopic (exact) mass is 197 g/mol. The van der Waals surface area contributed by atoms with Crippen LogP contribution in [0.2, 0.25) is 0 Å². The maximum atomic E-state index is 10.9. The molecule has 0 saturated carbocycles. The van der Waals surface area contributed by atoms with Gasteiger partial charge in [-0.05, 0) is 12.3 Å². The minimum atomic E-state index is -0.0218. The summed E-state index contributed by atoms with van der Waals surface area (Å²) in [5.41, 5.74) is 0. The lowest BCUT2D eigenvalue weighted by molar-refractivity contribution is -0.118. The molecule has 1 radical (unpaired) electrons. The highest BCUT2D eigenvalue weighted by Gasteiger charge is 2.00. The van der Waals surface area contributed by atoms with Crippen LogP contribution in [0.25, 0.3) is 0 Å². The predicted octanol–water partition coefficient (Wildman–Crippen LogP) is 3.05. The molecular weight excluding hydrogens is 176 g/mol. The summed E-state index contributed by atoms with van der Waals surface area (Å²) >= 11 is 0. The molecule has 14 heavy (non-hydrogen) atoms. The fourth-order valence-electron chi connectivity index (χ4n) is 1.40. The van der Waals surface area contributed by atoms with Gasteiger partial charge in [-0.15, -0.1) is 0 Å². The van der Waals surface area contributed by atoms with E-state index in [1.54, 1.807) is 6.29 Å². The van der Waals surface area contributed by atoms with E-state index < -0.39 is 0 Å². The van der Waals surface area contributed by atoms with Crippen LogP contribution in [0, 0.1) is 5.92 Å². The fraction of sp³-hybridized carbons (Fsp3) is 0.833.